The molecule has 0 aliphatic carbocycles. The second-order valence-electron chi connectivity index (χ2n) is 7.55. The Morgan fingerprint density at radius 3 is 2.58 bits per heavy atom. The minimum atomic E-state index is -0.0729. The number of aryl methyl sites for hydroxylation is 1. The minimum Gasteiger partial charge on any atom is -0.493 e. The van der Waals surface area contributed by atoms with Gasteiger partial charge in [-0.25, -0.2) is 9.38 Å². The van der Waals surface area contributed by atoms with Gasteiger partial charge in [-0.1, -0.05) is 47.2 Å². The van der Waals surface area contributed by atoms with E-state index in [2.05, 4.69) is 4.98 Å². The number of rotatable bonds is 7. The van der Waals surface area contributed by atoms with Crippen molar-refractivity contribution in [3.63, 3.8) is 0 Å². The zero-order valence-corrected chi connectivity index (χ0v) is 19.1. The van der Waals surface area contributed by atoms with Gasteiger partial charge in [0.15, 0.2) is 16.5 Å². The molecular weight excluding hydrogens is 436 g/mol. The molecule has 2 heterocycles. The van der Waals surface area contributed by atoms with E-state index in [0.717, 1.165) is 22.3 Å². The van der Waals surface area contributed by atoms with Gasteiger partial charge in [0.1, 0.15) is 19.0 Å². The largest absolute Gasteiger partial charge is 0.493 e. The van der Waals surface area contributed by atoms with E-state index in [0.29, 0.717) is 34.2 Å². The summed E-state index contributed by atoms with van der Waals surface area (Å²) in [4.78, 5) is 18.2. The van der Waals surface area contributed by atoms with Crippen molar-refractivity contribution in [3.8, 4) is 17.2 Å². The number of aromatic nitrogens is 2. The summed E-state index contributed by atoms with van der Waals surface area (Å²) in [6.45, 7) is 2.84. The topological polar surface area (TPSA) is 62.1 Å². The van der Waals surface area contributed by atoms with Gasteiger partial charge in [0.2, 0.25) is 0 Å². The number of thiazole rings is 1. The maximum atomic E-state index is 13.0. The van der Waals surface area contributed by atoms with Crippen LogP contribution in [0.4, 0.5) is 0 Å². The van der Waals surface area contributed by atoms with E-state index >= 15 is 0 Å². The van der Waals surface area contributed by atoms with Crippen LogP contribution in [0.2, 0.25) is 0 Å². The average Bonchev–Trinajstić information content (AvgIpc) is 3.34. The average molecular weight is 459 g/mol. The van der Waals surface area contributed by atoms with Crippen LogP contribution in [-0.4, -0.2) is 29.7 Å². The van der Waals surface area contributed by atoms with Gasteiger partial charge in [0.25, 0.3) is 5.56 Å². The van der Waals surface area contributed by atoms with Crippen LogP contribution in [0.25, 0.3) is 22.1 Å². The second-order valence-corrected chi connectivity index (χ2v) is 8.56. The van der Waals surface area contributed by atoms with Crippen LogP contribution in [0, 0.1) is 6.92 Å². The predicted molar refractivity (Wildman–Crippen MR) is 131 cm³/mol. The van der Waals surface area contributed by atoms with Crippen LogP contribution in [0.15, 0.2) is 71.5 Å². The molecule has 0 radical (unpaired) electrons. The molecule has 0 N–H and O–H groups in total. The van der Waals surface area contributed by atoms with Crippen molar-refractivity contribution in [2.24, 2.45) is 0 Å². The third kappa shape index (κ3) is 4.27. The molecule has 7 heteroatoms. The van der Waals surface area contributed by atoms with Crippen molar-refractivity contribution >= 4 is 33.4 Å². The highest BCUT2D eigenvalue weighted by atomic mass is 32.1. The highest BCUT2D eigenvalue weighted by molar-refractivity contribution is 7.15. The summed E-state index contributed by atoms with van der Waals surface area (Å²) in [6.07, 6.45) is 1.85. The molecule has 0 fully saturated rings. The molecule has 0 unspecified atom stereocenters. The number of para-hydroxylation sites is 2. The van der Waals surface area contributed by atoms with Gasteiger partial charge >= 0.3 is 0 Å². The number of benzene rings is 3. The molecule has 0 atom stereocenters. The molecule has 3 aromatic carbocycles. The first-order valence-corrected chi connectivity index (χ1v) is 11.4. The number of imidazole rings is 1. The van der Waals surface area contributed by atoms with Gasteiger partial charge in [-0.3, -0.25) is 4.79 Å². The predicted octanol–water partition coefficient (Wildman–Crippen LogP) is 4.23. The summed E-state index contributed by atoms with van der Waals surface area (Å²) < 4.78 is 19.3. The van der Waals surface area contributed by atoms with E-state index < -0.39 is 0 Å². The first kappa shape index (κ1) is 21.0. The number of hydrogen-bond acceptors (Lipinski definition) is 6. The van der Waals surface area contributed by atoms with Crippen LogP contribution in [0.3, 0.4) is 0 Å². The molecule has 6 nitrogen and oxygen atoms in total. The van der Waals surface area contributed by atoms with Crippen molar-refractivity contribution in [2.75, 3.05) is 20.3 Å². The lowest BCUT2D eigenvalue weighted by atomic mass is 10.2. The maximum absolute atomic E-state index is 13.0. The summed E-state index contributed by atoms with van der Waals surface area (Å²) in [5.41, 5.74) is 3.61. The highest BCUT2D eigenvalue weighted by Crippen LogP contribution is 2.28. The fourth-order valence-electron chi connectivity index (χ4n) is 3.60. The molecule has 0 aliphatic heterocycles. The van der Waals surface area contributed by atoms with Gasteiger partial charge in [-0.05, 0) is 55.0 Å². The van der Waals surface area contributed by atoms with Crippen LogP contribution < -0.4 is 24.3 Å². The number of ether oxygens (including phenoxy) is 3. The van der Waals surface area contributed by atoms with Gasteiger partial charge in [0, 0.05) is 0 Å². The molecule has 166 valence electrons. The molecule has 0 saturated heterocycles. The van der Waals surface area contributed by atoms with Crippen LogP contribution >= 0.6 is 11.3 Å². The molecule has 0 amide bonds. The Hall–Kier alpha value is -3.84. The standard InChI is InChI=1S/C26H22N2O4S/c1-17-7-10-19(11-8-17)31-13-14-32-22-12-9-18(15-23(22)30-2)16-24-25(29)28-21-6-4-3-5-20(21)27-26(28)33-24/h3-12,15-16H,13-14H2,1-2H3. The Morgan fingerprint density at radius 2 is 1.76 bits per heavy atom. The van der Waals surface area contributed by atoms with Gasteiger partial charge in [0.05, 0.1) is 22.7 Å². The third-order valence-corrected chi connectivity index (χ3v) is 6.23. The molecule has 5 rings (SSSR count). The van der Waals surface area contributed by atoms with E-state index in [1.165, 1.54) is 16.9 Å². The second kappa shape index (κ2) is 8.96. The molecular formula is C26H22N2O4S. The Balaban J connectivity index is 1.33. The van der Waals surface area contributed by atoms with Crippen LogP contribution in [0.1, 0.15) is 11.1 Å². The highest BCUT2D eigenvalue weighted by Gasteiger charge is 2.11. The molecule has 33 heavy (non-hydrogen) atoms. The number of nitrogens with zero attached hydrogens (tertiary/aromatic N) is 2. The van der Waals surface area contributed by atoms with E-state index in [4.69, 9.17) is 14.2 Å². The SMILES string of the molecule is COc1cc(C=c2sc3nc4ccccc4n3c2=O)ccc1OCCOc1ccc(C)cc1. The van der Waals surface area contributed by atoms with Crippen molar-refractivity contribution in [2.45, 2.75) is 6.92 Å². The van der Waals surface area contributed by atoms with Crippen molar-refractivity contribution < 1.29 is 14.2 Å². The smallest absolute Gasteiger partial charge is 0.274 e. The van der Waals surface area contributed by atoms with E-state index in [-0.39, 0.29) is 5.56 Å². The number of methoxy groups -OCH3 is 1. The van der Waals surface area contributed by atoms with Gasteiger partial charge in [-0.2, -0.15) is 0 Å². The fourth-order valence-corrected chi connectivity index (χ4v) is 4.59. The molecule has 0 saturated carbocycles. The molecule has 0 bridgehead atoms. The third-order valence-electron chi connectivity index (χ3n) is 5.26. The monoisotopic (exact) mass is 458 g/mol. The van der Waals surface area contributed by atoms with Gasteiger partial charge in [-0.15, -0.1) is 0 Å². The summed E-state index contributed by atoms with van der Waals surface area (Å²) in [6, 6.07) is 21.1. The van der Waals surface area contributed by atoms with Crippen LogP contribution in [0.5, 0.6) is 17.2 Å². The summed E-state index contributed by atoms with van der Waals surface area (Å²) in [5, 5.41) is 0. The normalized spacial score (nSPS) is 11.9. The summed E-state index contributed by atoms with van der Waals surface area (Å²) >= 11 is 1.37. The van der Waals surface area contributed by atoms with E-state index in [9.17, 15) is 4.79 Å². The fraction of sp³-hybridized carbons (Fsp3) is 0.154. The van der Waals surface area contributed by atoms with Crippen LogP contribution in [-0.2, 0) is 0 Å². The Morgan fingerprint density at radius 1 is 0.970 bits per heavy atom. The molecule has 5 aromatic rings. The summed E-state index contributed by atoms with van der Waals surface area (Å²) in [5.74, 6) is 2.03. The Labute approximate surface area is 194 Å². The lowest BCUT2D eigenvalue weighted by molar-refractivity contribution is 0.211. The number of fused-ring (bicyclic) bond motifs is 3. The first-order chi connectivity index (χ1) is 16.1. The van der Waals surface area contributed by atoms with E-state index in [1.807, 2.05) is 79.7 Å². The lowest BCUT2D eigenvalue weighted by Crippen LogP contribution is -2.22. The van der Waals surface area contributed by atoms with Crippen molar-refractivity contribution in [1.82, 2.24) is 9.38 Å². The van der Waals surface area contributed by atoms with Gasteiger partial charge < -0.3 is 14.2 Å². The zero-order valence-electron chi connectivity index (χ0n) is 18.3. The van der Waals surface area contributed by atoms with Crippen molar-refractivity contribution in [1.29, 1.82) is 0 Å². The minimum absolute atomic E-state index is 0.0729. The maximum Gasteiger partial charge on any atom is 0.274 e. The first-order valence-electron chi connectivity index (χ1n) is 10.5. The Kier molecular flexibility index (Phi) is 5.71. The lowest BCUT2D eigenvalue weighted by Gasteiger charge is -2.12. The zero-order chi connectivity index (χ0) is 22.8. The molecule has 0 spiro atoms. The molecule has 0 aliphatic rings. The number of hydrogen-bond donors (Lipinski definition) is 0. The van der Waals surface area contributed by atoms with E-state index in [1.54, 1.807) is 11.5 Å². The molecule has 2 aromatic heterocycles. The Bertz CT molecular complexity index is 1540. The van der Waals surface area contributed by atoms with Crippen molar-refractivity contribution in [3.05, 3.63) is 92.7 Å². The quantitative estimate of drug-likeness (QED) is 0.342. The summed E-state index contributed by atoms with van der Waals surface area (Å²) in [7, 11) is 1.60.